The van der Waals surface area contributed by atoms with Gasteiger partial charge in [-0.25, -0.2) is 13.6 Å². The van der Waals surface area contributed by atoms with E-state index in [9.17, 15) is 8.42 Å². The summed E-state index contributed by atoms with van der Waals surface area (Å²) in [6.07, 6.45) is 7.45. The van der Waals surface area contributed by atoms with Gasteiger partial charge >= 0.3 is 0 Å². The van der Waals surface area contributed by atoms with Crippen molar-refractivity contribution in [3.8, 4) is 0 Å². The van der Waals surface area contributed by atoms with Crippen molar-refractivity contribution in [3.63, 3.8) is 0 Å². The summed E-state index contributed by atoms with van der Waals surface area (Å²) in [6.45, 7) is 4.85. The van der Waals surface area contributed by atoms with Crippen molar-refractivity contribution in [1.82, 2.24) is 0 Å². The highest BCUT2D eigenvalue weighted by Crippen LogP contribution is 2.22. The molecule has 1 aromatic carbocycles. The highest BCUT2D eigenvalue weighted by atomic mass is 32.2. The van der Waals surface area contributed by atoms with E-state index in [1.165, 1.54) is 32.1 Å². The van der Waals surface area contributed by atoms with Crippen LogP contribution in [0.2, 0.25) is 0 Å². The molecular formula is C15H26N2O2S. The molecule has 114 valence electrons. The fraction of sp³-hybridized carbons (Fsp3) is 0.600. The van der Waals surface area contributed by atoms with Crippen molar-refractivity contribution in [2.75, 3.05) is 11.9 Å². The zero-order chi connectivity index (χ0) is 15.0. The molecule has 0 heterocycles. The molecule has 0 saturated carbocycles. The number of hydrogen-bond donors (Lipinski definition) is 2. The van der Waals surface area contributed by atoms with Gasteiger partial charge in [-0.2, -0.15) is 0 Å². The molecule has 1 aromatic rings. The number of hydrogen-bond acceptors (Lipinski definition) is 3. The van der Waals surface area contributed by atoms with Crippen LogP contribution in [0, 0.1) is 6.92 Å². The number of benzene rings is 1. The van der Waals surface area contributed by atoms with Gasteiger partial charge in [0, 0.05) is 12.2 Å². The summed E-state index contributed by atoms with van der Waals surface area (Å²) in [5.74, 6) is 0. The average molecular weight is 298 g/mol. The van der Waals surface area contributed by atoms with Crippen molar-refractivity contribution in [3.05, 3.63) is 23.8 Å². The third kappa shape index (κ3) is 5.51. The van der Waals surface area contributed by atoms with Crippen molar-refractivity contribution in [2.45, 2.75) is 57.3 Å². The first-order chi connectivity index (χ1) is 9.46. The molecule has 0 aliphatic rings. The molecule has 0 aromatic heterocycles. The molecule has 0 aliphatic heterocycles. The Hall–Kier alpha value is -1.07. The van der Waals surface area contributed by atoms with Crippen LogP contribution in [0.15, 0.2) is 23.1 Å². The number of unbranched alkanes of at least 4 members (excludes halogenated alkanes) is 5. The number of primary sulfonamides is 1. The maximum absolute atomic E-state index is 11.4. The Bertz CT molecular complexity index is 513. The molecule has 4 nitrogen and oxygen atoms in total. The predicted molar refractivity (Wildman–Crippen MR) is 84.4 cm³/mol. The fourth-order valence-corrected chi connectivity index (χ4v) is 3.05. The zero-order valence-electron chi connectivity index (χ0n) is 12.5. The van der Waals surface area contributed by atoms with Gasteiger partial charge in [0.05, 0.1) is 4.90 Å². The highest BCUT2D eigenvalue weighted by molar-refractivity contribution is 7.89. The van der Waals surface area contributed by atoms with Gasteiger partial charge in [0.1, 0.15) is 0 Å². The van der Waals surface area contributed by atoms with Gasteiger partial charge in [-0.3, -0.25) is 0 Å². The van der Waals surface area contributed by atoms with E-state index in [-0.39, 0.29) is 4.90 Å². The van der Waals surface area contributed by atoms with Crippen LogP contribution in [0.3, 0.4) is 0 Å². The quantitative estimate of drug-likeness (QED) is 0.686. The summed E-state index contributed by atoms with van der Waals surface area (Å²) >= 11 is 0. The molecule has 20 heavy (non-hydrogen) atoms. The van der Waals surface area contributed by atoms with Gasteiger partial charge in [0.15, 0.2) is 0 Å². The van der Waals surface area contributed by atoms with Crippen LogP contribution in [0.25, 0.3) is 0 Å². The summed E-state index contributed by atoms with van der Waals surface area (Å²) in [5.41, 5.74) is 1.55. The summed E-state index contributed by atoms with van der Waals surface area (Å²) in [4.78, 5) is 0.199. The maximum Gasteiger partial charge on any atom is 0.238 e. The van der Waals surface area contributed by atoms with E-state index in [1.807, 2.05) is 6.07 Å². The van der Waals surface area contributed by atoms with E-state index in [1.54, 1.807) is 19.1 Å². The summed E-state index contributed by atoms with van der Waals surface area (Å²) in [7, 11) is -3.64. The minimum atomic E-state index is -3.64. The molecule has 0 amide bonds. The third-order valence-electron chi connectivity index (χ3n) is 3.44. The van der Waals surface area contributed by atoms with Gasteiger partial charge in [0.25, 0.3) is 0 Å². The number of anilines is 1. The first kappa shape index (κ1) is 17.0. The SMILES string of the molecule is CCCCCCCCNc1cccc(S(N)(=O)=O)c1C. The molecule has 0 spiro atoms. The van der Waals surface area contributed by atoms with E-state index in [0.717, 1.165) is 18.7 Å². The Morgan fingerprint density at radius 1 is 1.10 bits per heavy atom. The molecule has 0 bridgehead atoms. The molecule has 0 aliphatic carbocycles. The van der Waals surface area contributed by atoms with Crippen LogP contribution in [0.5, 0.6) is 0 Å². The number of nitrogens with two attached hydrogens (primary N) is 1. The first-order valence-electron chi connectivity index (χ1n) is 7.33. The van der Waals surface area contributed by atoms with Gasteiger partial charge in [-0.05, 0) is 31.0 Å². The number of sulfonamides is 1. The lowest BCUT2D eigenvalue weighted by molar-refractivity contribution is 0.597. The Morgan fingerprint density at radius 3 is 2.40 bits per heavy atom. The number of nitrogens with one attached hydrogen (secondary N) is 1. The standard InChI is InChI=1S/C15H26N2O2S/c1-3-4-5-6-7-8-12-17-14-10-9-11-15(13(14)2)20(16,18)19/h9-11,17H,3-8,12H2,1-2H3,(H2,16,18,19). The summed E-state index contributed by atoms with van der Waals surface area (Å²) in [5, 5.41) is 8.49. The van der Waals surface area contributed by atoms with Gasteiger partial charge in [-0.15, -0.1) is 0 Å². The summed E-state index contributed by atoms with van der Waals surface area (Å²) in [6, 6.07) is 5.15. The van der Waals surface area contributed by atoms with E-state index in [2.05, 4.69) is 12.2 Å². The van der Waals surface area contributed by atoms with Crippen LogP contribution in [-0.2, 0) is 10.0 Å². The lowest BCUT2D eigenvalue weighted by atomic mass is 10.1. The Morgan fingerprint density at radius 2 is 1.75 bits per heavy atom. The molecule has 0 saturated heterocycles. The average Bonchev–Trinajstić information content (AvgIpc) is 2.38. The van der Waals surface area contributed by atoms with Crippen molar-refractivity contribution < 1.29 is 8.42 Å². The lowest BCUT2D eigenvalue weighted by Crippen LogP contribution is -2.15. The van der Waals surface area contributed by atoms with Crippen LogP contribution in [0.1, 0.15) is 51.0 Å². The second kappa shape index (κ2) is 8.27. The van der Waals surface area contributed by atoms with E-state index < -0.39 is 10.0 Å². The first-order valence-corrected chi connectivity index (χ1v) is 8.87. The van der Waals surface area contributed by atoms with Crippen molar-refractivity contribution in [1.29, 1.82) is 0 Å². The largest absolute Gasteiger partial charge is 0.385 e. The van der Waals surface area contributed by atoms with E-state index in [0.29, 0.717) is 5.56 Å². The maximum atomic E-state index is 11.4. The van der Waals surface area contributed by atoms with Crippen LogP contribution >= 0.6 is 0 Å². The lowest BCUT2D eigenvalue weighted by Gasteiger charge is -2.12. The van der Waals surface area contributed by atoms with E-state index in [4.69, 9.17) is 5.14 Å². The molecular weight excluding hydrogens is 272 g/mol. The summed E-state index contributed by atoms with van der Waals surface area (Å²) < 4.78 is 22.9. The molecule has 5 heteroatoms. The minimum Gasteiger partial charge on any atom is -0.385 e. The molecule has 1 rings (SSSR count). The monoisotopic (exact) mass is 298 g/mol. The Balaban J connectivity index is 2.45. The fourth-order valence-electron chi connectivity index (χ4n) is 2.24. The van der Waals surface area contributed by atoms with Crippen molar-refractivity contribution >= 4 is 15.7 Å². The molecule has 0 radical (unpaired) electrons. The normalized spacial score (nSPS) is 11.6. The Labute approximate surface area is 122 Å². The highest BCUT2D eigenvalue weighted by Gasteiger charge is 2.13. The Kier molecular flexibility index (Phi) is 7.02. The molecule has 0 unspecified atom stereocenters. The van der Waals surface area contributed by atoms with Crippen LogP contribution in [0.4, 0.5) is 5.69 Å². The third-order valence-corrected chi connectivity index (χ3v) is 4.49. The van der Waals surface area contributed by atoms with Gasteiger partial charge in [0.2, 0.25) is 10.0 Å². The van der Waals surface area contributed by atoms with Crippen molar-refractivity contribution in [2.24, 2.45) is 5.14 Å². The smallest absolute Gasteiger partial charge is 0.238 e. The second-order valence-corrected chi connectivity index (χ2v) is 6.70. The van der Waals surface area contributed by atoms with E-state index >= 15 is 0 Å². The molecule has 0 fully saturated rings. The van der Waals surface area contributed by atoms with Gasteiger partial charge in [-0.1, -0.05) is 45.1 Å². The topological polar surface area (TPSA) is 72.2 Å². The second-order valence-electron chi connectivity index (χ2n) is 5.17. The number of rotatable bonds is 9. The predicted octanol–water partition coefficient (Wildman–Crippen LogP) is 3.41. The zero-order valence-corrected chi connectivity index (χ0v) is 13.3. The minimum absolute atomic E-state index is 0.199. The van der Waals surface area contributed by atoms with Crippen LogP contribution < -0.4 is 10.5 Å². The molecule has 3 N–H and O–H groups in total. The van der Waals surface area contributed by atoms with Gasteiger partial charge < -0.3 is 5.32 Å². The molecule has 0 atom stereocenters. The van der Waals surface area contributed by atoms with Crippen LogP contribution in [-0.4, -0.2) is 15.0 Å².